The van der Waals surface area contributed by atoms with E-state index < -0.39 is 0 Å². The topological polar surface area (TPSA) is 29.3 Å². The second-order valence-corrected chi connectivity index (χ2v) is 5.90. The maximum absolute atomic E-state index is 5.82. The van der Waals surface area contributed by atoms with Gasteiger partial charge in [0.25, 0.3) is 0 Å². The lowest BCUT2D eigenvalue weighted by Crippen LogP contribution is -2.21. The van der Waals surface area contributed by atoms with Crippen LogP contribution in [0.3, 0.4) is 0 Å². The normalized spacial score (nSPS) is 10.6. The van der Waals surface area contributed by atoms with Crippen LogP contribution < -0.4 is 10.6 Å². The first kappa shape index (κ1) is 15.1. The molecule has 0 radical (unpaired) electrons. The fraction of sp³-hybridized carbons (Fsp3) is 0.294. The Morgan fingerprint density at radius 1 is 1.10 bits per heavy atom. The minimum Gasteiger partial charge on any atom is -0.374 e. The van der Waals surface area contributed by atoms with Gasteiger partial charge in [-0.1, -0.05) is 52.3 Å². The van der Waals surface area contributed by atoms with Crippen molar-refractivity contribution in [3.05, 3.63) is 64.1 Å². The van der Waals surface area contributed by atoms with E-state index in [1.807, 2.05) is 6.07 Å². The molecular formula is C17H21BrN2. The Balaban J connectivity index is 1.95. The smallest absolute Gasteiger partial charge is 0.0420 e. The second-order valence-electron chi connectivity index (χ2n) is 4.99. The van der Waals surface area contributed by atoms with Gasteiger partial charge in [0, 0.05) is 30.3 Å². The molecule has 0 aliphatic carbocycles. The van der Waals surface area contributed by atoms with Crippen LogP contribution in [-0.2, 0) is 13.0 Å². The summed E-state index contributed by atoms with van der Waals surface area (Å²) in [7, 11) is 2.13. The molecule has 20 heavy (non-hydrogen) atoms. The largest absolute Gasteiger partial charge is 0.374 e. The Labute approximate surface area is 129 Å². The van der Waals surface area contributed by atoms with E-state index in [9.17, 15) is 0 Å². The third kappa shape index (κ3) is 4.09. The van der Waals surface area contributed by atoms with Crippen molar-refractivity contribution in [3.63, 3.8) is 0 Å². The predicted octanol–water partition coefficient (Wildman–Crippen LogP) is 3.98. The lowest BCUT2D eigenvalue weighted by atomic mass is 10.1. The molecule has 2 aromatic rings. The first-order chi connectivity index (χ1) is 9.70. The molecule has 0 heterocycles. The van der Waals surface area contributed by atoms with Crippen LogP contribution >= 0.6 is 15.9 Å². The fourth-order valence-corrected chi connectivity index (χ4v) is 2.70. The predicted molar refractivity (Wildman–Crippen MR) is 90.1 cm³/mol. The van der Waals surface area contributed by atoms with Crippen LogP contribution in [-0.4, -0.2) is 13.6 Å². The number of aryl methyl sites for hydroxylation is 1. The molecule has 0 aromatic heterocycles. The van der Waals surface area contributed by atoms with E-state index in [1.54, 1.807) is 0 Å². The quantitative estimate of drug-likeness (QED) is 0.866. The molecule has 106 valence electrons. The van der Waals surface area contributed by atoms with Gasteiger partial charge in [0.05, 0.1) is 0 Å². The third-order valence-corrected chi connectivity index (χ3v) is 3.97. The van der Waals surface area contributed by atoms with Gasteiger partial charge >= 0.3 is 0 Å². The lowest BCUT2D eigenvalue weighted by molar-refractivity contribution is 0.781. The number of rotatable bonds is 6. The number of hydrogen-bond donors (Lipinski definition) is 1. The van der Waals surface area contributed by atoms with Gasteiger partial charge < -0.3 is 10.6 Å². The van der Waals surface area contributed by atoms with Crippen molar-refractivity contribution in [2.24, 2.45) is 5.73 Å². The van der Waals surface area contributed by atoms with E-state index in [1.165, 1.54) is 16.8 Å². The van der Waals surface area contributed by atoms with Gasteiger partial charge in [-0.2, -0.15) is 0 Å². The minimum absolute atomic E-state index is 0.575. The second kappa shape index (κ2) is 7.46. The Hall–Kier alpha value is -1.32. The van der Waals surface area contributed by atoms with Crippen LogP contribution in [0.1, 0.15) is 17.5 Å². The van der Waals surface area contributed by atoms with Crippen molar-refractivity contribution in [2.45, 2.75) is 19.4 Å². The number of benzene rings is 2. The standard InChI is InChI=1S/C17H21BrN2/c1-20(11-5-8-14-6-3-2-4-7-14)17-12-16(18)10-9-15(17)13-19/h2-4,6-7,9-10,12H,5,8,11,13,19H2,1H3. The summed E-state index contributed by atoms with van der Waals surface area (Å²) in [6.45, 7) is 1.60. The van der Waals surface area contributed by atoms with Gasteiger partial charge in [-0.25, -0.2) is 0 Å². The number of halogens is 1. The molecule has 0 aliphatic heterocycles. The Morgan fingerprint density at radius 2 is 1.85 bits per heavy atom. The molecule has 0 spiro atoms. The van der Waals surface area contributed by atoms with Crippen LogP contribution in [0, 0.1) is 0 Å². The molecular weight excluding hydrogens is 312 g/mol. The van der Waals surface area contributed by atoms with Crippen LogP contribution in [0.4, 0.5) is 5.69 Å². The highest BCUT2D eigenvalue weighted by Crippen LogP contribution is 2.24. The van der Waals surface area contributed by atoms with Crippen molar-refractivity contribution in [2.75, 3.05) is 18.5 Å². The van der Waals surface area contributed by atoms with E-state index in [2.05, 4.69) is 70.3 Å². The lowest BCUT2D eigenvalue weighted by Gasteiger charge is -2.22. The average Bonchev–Trinajstić information content (AvgIpc) is 2.48. The summed E-state index contributed by atoms with van der Waals surface area (Å²) in [6.07, 6.45) is 2.24. The van der Waals surface area contributed by atoms with E-state index in [0.29, 0.717) is 6.54 Å². The van der Waals surface area contributed by atoms with Gasteiger partial charge in [0.15, 0.2) is 0 Å². The Kier molecular flexibility index (Phi) is 5.62. The minimum atomic E-state index is 0.575. The molecule has 2 nitrogen and oxygen atoms in total. The Bertz CT molecular complexity index is 540. The monoisotopic (exact) mass is 332 g/mol. The van der Waals surface area contributed by atoms with Crippen molar-refractivity contribution in [1.29, 1.82) is 0 Å². The number of nitrogens with zero attached hydrogens (tertiary/aromatic N) is 1. The molecule has 0 bridgehead atoms. The molecule has 3 heteroatoms. The zero-order valence-electron chi connectivity index (χ0n) is 11.8. The van der Waals surface area contributed by atoms with Gasteiger partial charge in [-0.05, 0) is 36.1 Å². The van der Waals surface area contributed by atoms with Gasteiger partial charge in [-0.3, -0.25) is 0 Å². The molecule has 0 saturated carbocycles. The highest BCUT2D eigenvalue weighted by Gasteiger charge is 2.07. The summed E-state index contributed by atoms with van der Waals surface area (Å²) in [5, 5.41) is 0. The number of nitrogens with two attached hydrogens (primary N) is 1. The number of anilines is 1. The van der Waals surface area contributed by atoms with Crippen LogP contribution in [0.15, 0.2) is 53.0 Å². The van der Waals surface area contributed by atoms with Crippen molar-refractivity contribution < 1.29 is 0 Å². The van der Waals surface area contributed by atoms with E-state index in [0.717, 1.165) is 23.9 Å². The molecule has 2 N–H and O–H groups in total. The van der Waals surface area contributed by atoms with Crippen molar-refractivity contribution >= 4 is 21.6 Å². The summed E-state index contributed by atoms with van der Waals surface area (Å²) in [6, 6.07) is 16.9. The summed E-state index contributed by atoms with van der Waals surface area (Å²) in [5.74, 6) is 0. The fourth-order valence-electron chi connectivity index (χ4n) is 2.35. The molecule has 0 atom stereocenters. The molecule has 0 unspecified atom stereocenters. The Morgan fingerprint density at radius 3 is 2.55 bits per heavy atom. The zero-order valence-corrected chi connectivity index (χ0v) is 13.4. The van der Waals surface area contributed by atoms with Crippen molar-refractivity contribution in [1.82, 2.24) is 0 Å². The summed E-state index contributed by atoms with van der Waals surface area (Å²) < 4.78 is 1.10. The van der Waals surface area contributed by atoms with Gasteiger partial charge in [0.2, 0.25) is 0 Å². The van der Waals surface area contributed by atoms with E-state index >= 15 is 0 Å². The number of hydrogen-bond acceptors (Lipinski definition) is 2. The molecule has 0 fully saturated rings. The zero-order chi connectivity index (χ0) is 14.4. The van der Waals surface area contributed by atoms with Crippen molar-refractivity contribution in [3.8, 4) is 0 Å². The van der Waals surface area contributed by atoms with Crippen LogP contribution in [0.25, 0.3) is 0 Å². The maximum Gasteiger partial charge on any atom is 0.0420 e. The molecule has 2 aromatic carbocycles. The summed E-state index contributed by atoms with van der Waals surface area (Å²) >= 11 is 3.53. The first-order valence-electron chi connectivity index (χ1n) is 6.94. The molecule has 0 amide bonds. The van der Waals surface area contributed by atoms with E-state index in [-0.39, 0.29) is 0 Å². The highest BCUT2D eigenvalue weighted by molar-refractivity contribution is 9.10. The van der Waals surface area contributed by atoms with Crippen LogP contribution in [0.5, 0.6) is 0 Å². The van der Waals surface area contributed by atoms with Gasteiger partial charge in [-0.15, -0.1) is 0 Å². The van der Waals surface area contributed by atoms with Crippen LogP contribution in [0.2, 0.25) is 0 Å². The SMILES string of the molecule is CN(CCCc1ccccc1)c1cc(Br)ccc1CN. The van der Waals surface area contributed by atoms with Gasteiger partial charge in [0.1, 0.15) is 0 Å². The third-order valence-electron chi connectivity index (χ3n) is 3.48. The molecule has 0 aliphatic rings. The molecule has 0 saturated heterocycles. The summed E-state index contributed by atoms with van der Waals surface area (Å²) in [4.78, 5) is 2.29. The van der Waals surface area contributed by atoms with E-state index in [4.69, 9.17) is 5.73 Å². The first-order valence-corrected chi connectivity index (χ1v) is 7.73. The summed E-state index contributed by atoms with van der Waals surface area (Å²) in [5.41, 5.74) is 9.62. The highest BCUT2D eigenvalue weighted by atomic mass is 79.9. The molecule has 2 rings (SSSR count). The maximum atomic E-state index is 5.82. The average molecular weight is 333 g/mol.